The minimum Gasteiger partial charge on any atom is -0.481 e. The maximum atomic E-state index is 12.9. The van der Waals surface area contributed by atoms with Crippen molar-refractivity contribution in [3.05, 3.63) is 65.5 Å². The maximum Gasteiger partial charge on any atom is 0.260 e. The van der Waals surface area contributed by atoms with Crippen LogP contribution in [0.5, 0.6) is 5.75 Å². The topological polar surface area (TPSA) is 50.4 Å². The Kier molecular flexibility index (Phi) is 6.79. The maximum absolute atomic E-state index is 12.9. The molecule has 25 heavy (non-hydrogen) atoms. The van der Waals surface area contributed by atoms with E-state index >= 15 is 0 Å². The number of fused-ring (bicyclic) bond motifs is 1. The Labute approximate surface area is 153 Å². The summed E-state index contributed by atoms with van der Waals surface area (Å²) < 4.78 is 18.4. The standard InChI is InChI=1S/C19H21FN2O2.ClH/c1-13(24-16-8-6-15(20)7-9-16)19(23)22-12-18-17-5-3-2-4-14(17)10-11-21-18;/h2-9,13,18,21H,10-12H2,1H3,(H,22,23);1H. The van der Waals surface area contributed by atoms with Gasteiger partial charge in [-0.3, -0.25) is 4.79 Å². The van der Waals surface area contributed by atoms with Crippen LogP contribution in [0.1, 0.15) is 24.1 Å². The number of amides is 1. The Morgan fingerprint density at radius 3 is 2.76 bits per heavy atom. The van der Waals surface area contributed by atoms with Crippen molar-refractivity contribution in [1.82, 2.24) is 10.6 Å². The molecule has 0 fully saturated rings. The van der Waals surface area contributed by atoms with Gasteiger partial charge in [0.25, 0.3) is 5.91 Å². The fraction of sp³-hybridized carbons (Fsp3) is 0.316. The number of ether oxygens (including phenoxy) is 1. The number of hydrogen-bond donors (Lipinski definition) is 2. The smallest absolute Gasteiger partial charge is 0.260 e. The van der Waals surface area contributed by atoms with Crippen LogP contribution in [0.15, 0.2) is 48.5 Å². The van der Waals surface area contributed by atoms with Crippen molar-refractivity contribution in [3.63, 3.8) is 0 Å². The van der Waals surface area contributed by atoms with Gasteiger partial charge in [-0.05, 0) is 55.3 Å². The predicted molar refractivity (Wildman–Crippen MR) is 97.6 cm³/mol. The van der Waals surface area contributed by atoms with Gasteiger partial charge in [-0.25, -0.2) is 4.39 Å². The van der Waals surface area contributed by atoms with Gasteiger partial charge >= 0.3 is 0 Å². The first-order valence-corrected chi connectivity index (χ1v) is 8.14. The van der Waals surface area contributed by atoms with Crippen molar-refractivity contribution in [2.75, 3.05) is 13.1 Å². The molecule has 0 saturated carbocycles. The molecule has 2 atom stereocenters. The molecule has 3 rings (SSSR count). The van der Waals surface area contributed by atoms with Crippen LogP contribution in [0.4, 0.5) is 4.39 Å². The molecule has 0 spiro atoms. The quantitative estimate of drug-likeness (QED) is 0.857. The Morgan fingerprint density at radius 1 is 1.28 bits per heavy atom. The molecule has 6 heteroatoms. The van der Waals surface area contributed by atoms with Crippen molar-refractivity contribution < 1.29 is 13.9 Å². The molecule has 0 aliphatic carbocycles. The third-order valence-corrected chi connectivity index (χ3v) is 4.19. The van der Waals surface area contributed by atoms with Crippen molar-refractivity contribution in [3.8, 4) is 5.75 Å². The minimum atomic E-state index is -0.644. The summed E-state index contributed by atoms with van der Waals surface area (Å²) in [7, 11) is 0. The summed E-state index contributed by atoms with van der Waals surface area (Å²) >= 11 is 0. The van der Waals surface area contributed by atoms with Crippen LogP contribution in [0, 0.1) is 5.82 Å². The van der Waals surface area contributed by atoms with E-state index in [2.05, 4.69) is 22.8 Å². The van der Waals surface area contributed by atoms with E-state index in [4.69, 9.17) is 4.74 Å². The van der Waals surface area contributed by atoms with Crippen molar-refractivity contribution >= 4 is 18.3 Å². The fourth-order valence-electron chi connectivity index (χ4n) is 2.89. The second-order valence-corrected chi connectivity index (χ2v) is 5.91. The molecule has 1 aliphatic rings. The Hall–Kier alpha value is -2.11. The second kappa shape index (κ2) is 8.83. The van der Waals surface area contributed by atoms with Gasteiger partial charge in [0.15, 0.2) is 6.10 Å². The molecule has 2 aromatic carbocycles. The highest BCUT2D eigenvalue weighted by molar-refractivity contribution is 5.85. The van der Waals surface area contributed by atoms with E-state index in [1.54, 1.807) is 6.92 Å². The molecular weight excluding hydrogens is 343 g/mol. The second-order valence-electron chi connectivity index (χ2n) is 5.91. The van der Waals surface area contributed by atoms with Gasteiger partial charge in [0, 0.05) is 12.6 Å². The zero-order valence-corrected chi connectivity index (χ0v) is 14.8. The van der Waals surface area contributed by atoms with Crippen LogP contribution >= 0.6 is 12.4 Å². The molecule has 1 amide bonds. The van der Waals surface area contributed by atoms with E-state index in [0.717, 1.165) is 13.0 Å². The molecule has 4 nitrogen and oxygen atoms in total. The van der Waals surface area contributed by atoms with Crippen molar-refractivity contribution in [2.24, 2.45) is 0 Å². The van der Waals surface area contributed by atoms with Crippen LogP contribution in [0.3, 0.4) is 0 Å². The largest absolute Gasteiger partial charge is 0.481 e. The molecule has 2 aromatic rings. The lowest BCUT2D eigenvalue weighted by Crippen LogP contribution is -2.43. The highest BCUT2D eigenvalue weighted by atomic mass is 35.5. The first-order valence-electron chi connectivity index (χ1n) is 8.14. The summed E-state index contributed by atoms with van der Waals surface area (Å²) in [5, 5.41) is 6.35. The van der Waals surface area contributed by atoms with E-state index in [0.29, 0.717) is 12.3 Å². The van der Waals surface area contributed by atoms with Gasteiger partial charge in [-0.1, -0.05) is 24.3 Å². The monoisotopic (exact) mass is 364 g/mol. The first kappa shape index (κ1) is 19.2. The zero-order valence-electron chi connectivity index (χ0n) is 14.0. The highest BCUT2D eigenvalue weighted by Gasteiger charge is 2.21. The number of hydrogen-bond acceptors (Lipinski definition) is 3. The Balaban J connectivity index is 0.00000225. The average Bonchev–Trinajstić information content (AvgIpc) is 2.61. The zero-order chi connectivity index (χ0) is 16.9. The van der Waals surface area contributed by atoms with E-state index in [9.17, 15) is 9.18 Å². The van der Waals surface area contributed by atoms with Crippen molar-refractivity contribution in [2.45, 2.75) is 25.5 Å². The molecule has 0 aromatic heterocycles. The summed E-state index contributed by atoms with van der Waals surface area (Å²) in [4.78, 5) is 12.2. The van der Waals surface area contributed by atoms with Crippen molar-refractivity contribution in [1.29, 1.82) is 0 Å². The SMILES string of the molecule is CC(Oc1ccc(F)cc1)C(=O)NCC1NCCc2ccccc21.Cl. The van der Waals surface area contributed by atoms with Gasteiger partial charge in [0.2, 0.25) is 0 Å². The Morgan fingerprint density at radius 2 is 2.00 bits per heavy atom. The Bertz CT molecular complexity index is 709. The summed E-state index contributed by atoms with van der Waals surface area (Å²) in [6, 6.07) is 14.0. The molecule has 0 bridgehead atoms. The summed E-state index contributed by atoms with van der Waals surface area (Å²) in [5.74, 6) is -0.0501. The lowest BCUT2D eigenvalue weighted by Gasteiger charge is -2.27. The third kappa shape index (κ3) is 4.94. The number of nitrogens with one attached hydrogen (secondary N) is 2. The first-order chi connectivity index (χ1) is 11.6. The molecule has 0 radical (unpaired) electrons. The number of carbonyl (C=O) groups is 1. The van der Waals surface area contributed by atoms with Gasteiger partial charge in [0.1, 0.15) is 11.6 Å². The molecular formula is C19H22ClFN2O2. The van der Waals surface area contributed by atoms with E-state index in [-0.39, 0.29) is 30.2 Å². The van der Waals surface area contributed by atoms with E-state index in [1.165, 1.54) is 35.4 Å². The van der Waals surface area contributed by atoms with Crippen LogP contribution in [-0.4, -0.2) is 25.1 Å². The van der Waals surface area contributed by atoms with Gasteiger partial charge < -0.3 is 15.4 Å². The third-order valence-electron chi connectivity index (χ3n) is 4.19. The van der Waals surface area contributed by atoms with Crippen LogP contribution in [0.2, 0.25) is 0 Å². The number of rotatable bonds is 5. The van der Waals surface area contributed by atoms with E-state index in [1.807, 2.05) is 12.1 Å². The molecule has 1 heterocycles. The lowest BCUT2D eigenvalue weighted by molar-refractivity contribution is -0.127. The summed E-state index contributed by atoms with van der Waals surface area (Å²) in [6.07, 6.45) is 0.360. The predicted octanol–water partition coefficient (Wildman–Crippen LogP) is 3.02. The van der Waals surface area contributed by atoms with E-state index < -0.39 is 6.10 Å². The number of benzene rings is 2. The summed E-state index contributed by atoms with van der Waals surface area (Å²) in [5.41, 5.74) is 2.56. The van der Waals surface area contributed by atoms with Crippen LogP contribution in [-0.2, 0) is 11.2 Å². The fourth-order valence-corrected chi connectivity index (χ4v) is 2.89. The van der Waals surface area contributed by atoms with Gasteiger partial charge in [0.05, 0.1) is 0 Å². The lowest BCUT2D eigenvalue weighted by atomic mass is 9.94. The van der Waals surface area contributed by atoms with Gasteiger partial charge in [-0.2, -0.15) is 0 Å². The molecule has 2 N–H and O–H groups in total. The van der Waals surface area contributed by atoms with Crippen LogP contribution < -0.4 is 15.4 Å². The molecule has 1 aliphatic heterocycles. The number of carbonyl (C=O) groups excluding carboxylic acids is 1. The average molecular weight is 365 g/mol. The number of halogens is 2. The van der Waals surface area contributed by atoms with Crippen LogP contribution in [0.25, 0.3) is 0 Å². The normalized spacial score (nSPS) is 17.0. The summed E-state index contributed by atoms with van der Waals surface area (Å²) in [6.45, 7) is 3.09. The highest BCUT2D eigenvalue weighted by Crippen LogP contribution is 2.22. The molecule has 2 unspecified atom stereocenters. The molecule has 0 saturated heterocycles. The van der Waals surface area contributed by atoms with Gasteiger partial charge in [-0.15, -0.1) is 12.4 Å². The minimum absolute atomic E-state index is 0. The molecule has 134 valence electrons.